The molecule has 3 aromatic carbocycles. The average Bonchev–Trinajstić information content (AvgIpc) is 3.09. The second kappa shape index (κ2) is 11.2. The first kappa shape index (κ1) is 26.2. The van der Waals surface area contributed by atoms with Gasteiger partial charge in [-0.3, -0.25) is 9.29 Å². The van der Waals surface area contributed by atoms with Crippen LogP contribution in [0.25, 0.3) is 17.2 Å². The van der Waals surface area contributed by atoms with Gasteiger partial charge >= 0.3 is 6.18 Å². The Morgan fingerprint density at radius 1 is 0.921 bits per heavy atom. The van der Waals surface area contributed by atoms with Gasteiger partial charge in [0.1, 0.15) is 5.75 Å². The van der Waals surface area contributed by atoms with Crippen molar-refractivity contribution in [2.45, 2.75) is 31.9 Å². The van der Waals surface area contributed by atoms with Gasteiger partial charge in [0, 0.05) is 19.6 Å². The molecule has 0 N–H and O–H groups in total. The van der Waals surface area contributed by atoms with E-state index >= 15 is 0 Å². The van der Waals surface area contributed by atoms with E-state index in [9.17, 15) is 17.6 Å². The standard InChI is InChI=1S/C32H31F4NO/c1-38-30-15-14-26(19-29(30)32(34,35)36)28-9-4-7-24-6-2-3-8-27(24)31(28)25-12-10-22(11-13-25)18-23-20-37(21-23)17-5-16-33/h2-3,6,8,10-15,18-19H,4-5,7,9,16-17,20-21H2,1H3. The lowest BCUT2D eigenvalue weighted by molar-refractivity contribution is -0.138. The van der Waals surface area contributed by atoms with Crippen molar-refractivity contribution in [2.24, 2.45) is 0 Å². The molecule has 6 heteroatoms. The molecule has 198 valence electrons. The second-order valence-corrected chi connectivity index (χ2v) is 9.95. The van der Waals surface area contributed by atoms with Crippen LogP contribution in [-0.2, 0) is 12.6 Å². The Balaban J connectivity index is 1.55. The lowest BCUT2D eigenvalue weighted by Gasteiger charge is -2.33. The molecule has 38 heavy (non-hydrogen) atoms. The van der Waals surface area contributed by atoms with Crippen LogP contribution in [0.4, 0.5) is 17.6 Å². The summed E-state index contributed by atoms with van der Waals surface area (Å²) in [6.07, 6.45) is 0.628. The molecule has 0 bridgehead atoms. The van der Waals surface area contributed by atoms with Crippen LogP contribution in [0, 0.1) is 0 Å². The third-order valence-electron chi connectivity index (χ3n) is 7.35. The molecule has 0 unspecified atom stereocenters. The maximum atomic E-state index is 13.9. The fourth-order valence-electron chi connectivity index (χ4n) is 5.50. The van der Waals surface area contributed by atoms with E-state index in [0.717, 1.165) is 60.3 Å². The highest BCUT2D eigenvalue weighted by atomic mass is 19.4. The summed E-state index contributed by atoms with van der Waals surface area (Å²) in [4.78, 5) is 2.23. The van der Waals surface area contributed by atoms with Crippen LogP contribution in [0.1, 0.15) is 52.6 Å². The van der Waals surface area contributed by atoms with Crippen LogP contribution >= 0.6 is 0 Å². The van der Waals surface area contributed by atoms with Crippen LogP contribution < -0.4 is 4.74 Å². The van der Waals surface area contributed by atoms with Crippen molar-refractivity contribution >= 4 is 17.2 Å². The number of fused-ring (bicyclic) bond motifs is 1. The molecule has 0 amide bonds. The van der Waals surface area contributed by atoms with Crippen LogP contribution in [0.3, 0.4) is 0 Å². The minimum Gasteiger partial charge on any atom is -0.496 e. The zero-order valence-corrected chi connectivity index (χ0v) is 21.5. The van der Waals surface area contributed by atoms with Crippen molar-refractivity contribution in [3.05, 3.63) is 106 Å². The van der Waals surface area contributed by atoms with Gasteiger partial charge in [-0.05, 0) is 82.4 Å². The van der Waals surface area contributed by atoms with Crippen LogP contribution in [0.15, 0.2) is 72.3 Å². The molecular formula is C32H31F4NO. The maximum Gasteiger partial charge on any atom is 0.419 e. The zero-order valence-electron chi connectivity index (χ0n) is 21.5. The van der Waals surface area contributed by atoms with Crippen molar-refractivity contribution in [2.75, 3.05) is 33.4 Å². The molecule has 0 atom stereocenters. The monoisotopic (exact) mass is 521 g/mol. The van der Waals surface area contributed by atoms with Gasteiger partial charge in [0.15, 0.2) is 0 Å². The molecule has 5 rings (SSSR count). The Hall–Kier alpha value is -3.38. The summed E-state index contributed by atoms with van der Waals surface area (Å²) in [5, 5.41) is 0. The largest absolute Gasteiger partial charge is 0.496 e. The zero-order chi connectivity index (χ0) is 26.7. The molecule has 0 saturated carbocycles. The molecule has 0 aromatic heterocycles. The normalized spacial score (nSPS) is 16.1. The maximum absolute atomic E-state index is 13.9. The van der Waals surface area contributed by atoms with Crippen LogP contribution in [-0.4, -0.2) is 38.3 Å². The second-order valence-electron chi connectivity index (χ2n) is 9.95. The Kier molecular flexibility index (Phi) is 7.70. The first-order valence-electron chi connectivity index (χ1n) is 13.0. The van der Waals surface area contributed by atoms with E-state index in [0.29, 0.717) is 18.4 Å². The van der Waals surface area contributed by atoms with Gasteiger partial charge in [0.05, 0.1) is 19.3 Å². The summed E-state index contributed by atoms with van der Waals surface area (Å²) in [6, 6.07) is 20.8. The van der Waals surface area contributed by atoms with Crippen LogP contribution in [0.5, 0.6) is 5.75 Å². The molecule has 1 aliphatic carbocycles. The molecule has 1 fully saturated rings. The molecule has 3 aromatic rings. The number of nitrogens with zero attached hydrogens (tertiary/aromatic N) is 1. The summed E-state index contributed by atoms with van der Waals surface area (Å²) in [5.41, 5.74) is 7.36. The number of benzene rings is 3. The van der Waals surface area contributed by atoms with Gasteiger partial charge in [0.25, 0.3) is 0 Å². The van der Waals surface area contributed by atoms with E-state index < -0.39 is 11.7 Å². The highest BCUT2D eigenvalue weighted by Gasteiger charge is 2.35. The first-order valence-corrected chi connectivity index (χ1v) is 13.0. The topological polar surface area (TPSA) is 12.5 Å². The van der Waals surface area contributed by atoms with Gasteiger partial charge in [-0.2, -0.15) is 13.2 Å². The Labute approximate surface area is 221 Å². The van der Waals surface area contributed by atoms with E-state index in [1.807, 2.05) is 12.1 Å². The van der Waals surface area contributed by atoms with Crippen molar-refractivity contribution in [1.82, 2.24) is 4.90 Å². The van der Waals surface area contributed by atoms with Gasteiger partial charge in [0.2, 0.25) is 0 Å². The van der Waals surface area contributed by atoms with Gasteiger partial charge in [-0.15, -0.1) is 0 Å². The fraction of sp³-hybridized carbons (Fsp3) is 0.312. The van der Waals surface area contributed by atoms with E-state index in [-0.39, 0.29) is 12.4 Å². The highest BCUT2D eigenvalue weighted by Crippen LogP contribution is 2.43. The average molecular weight is 522 g/mol. The summed E-state index contributed by atoms with van der Waals surface area (Å²) in [7, 11) is 1.26. The first-order chi connectivity index (χ1) is 18.4. The number of likely N-dealkylation sites (tertiary alicyclic amines) is 1. The smallest absolute Gasteiger partial charge is 0.419 e. The highest BCUT2D eigenvalue weighted by molar-refractivity contribution is 6.00. The van der Waals surface area contributed by atoms with E-state index in [4.69, 9.17) is 4.74 Å². The molecule has 2 nitrogen and oxygen atoms in total. The van der Waals surface area contributed by atoms with E-state index in [1.165, 1.54) is 30.4 Å². The summed E-state index contributed by atoms with van der Waals surface area (Å²) in [5.74, 6) is -0.172. The number of aryl methyl sites for hydroxylation is 1. The summed E-state index contributed by atoms with van der Waals surface area (Å²) in [6.45, 7) is 2.23. The summed E-state index contributed by atoms with van der Waals surface area (Å²) >= 11 is 0. The summed E-state index contributed by atoms with van der Waals surface area (Å²) < 4.78 is 59.0. The van der Waals surface area contributed by atoms with Crippen molar-refractivity contribution < 1.29 is 22.3 Å². The minimum absolute atomic E-state index is 0.172. The predicted octanol–water partition coefficient (Wildman–Crippen LogP) is 8.07. The van der Waals surface area contributed by atoms with E-state index in [1.54, 1.807) is 6.07 Å². The van der Waals surface area contributed by atoms with Gasteiger partial charge < -0.3 is 4.74 Å². The molecule has 1 heterocycles. The number of methoxy groups -OCH3 is 1. The number of ether oxygens (including phenoxy) is 1. The molecule has 0 radical (unpaired) electrons. The third-order valence-corrected chi connectivity index (χ3v) is 7.35. The van der Waals surface area contributed by atoms with Gasteiger partial charge in [-0.1, -0.05) is 60.7 Å². The molecular weight excluding hydrogens is 490 g/mol. The SMILES string of the molecule is COc1ccc(C2=C(c3ccc(C=C4CN(CCCF)C4)cc3)c3ccccc3CCC2)cc1C(F)(F)F. The molecule has 1 aliphatic heterocycles. The lowest BCUT2D eigenvalue weighted by atomic mass is 9.87. The van der Waals surface area contributed by atoms with Gasteiger partial charge in [-0.25, -0.2) is 0 Å². The number of hydrogen-bond acceptors (Lipinski definition) is 2. The number of halogens is 4. The quantitative estimate of drug-likeness (QED) is 0.292. The van der Waals surface area contributed by atoms with Crippen molar-refractivity contribution in [1.29, 1.82) is 0 Å². The Morgan fingerprint density at radius 3 is 2.37 bits per heavy atom. The predicted molar refractivity (Wildman–Crippen MR) is 145 cm³/mol. The minimum atomic E-state index is -4.51. The Bertz CT molecular complexity index is 1350. The van der Waals surface area contributed by atoms with Crippen molar-refractivity contribution in [3.8, 4) is 5.75 Å². The number of allylic oxidation sites excluding steroid dienone is 1. The van der Waals surface area contributed by atoms with E-state index in [2.05, 4.69) is 47.4 Å². The number of alkyl halides is 4. The fourth-order valence-corrected chi connectivity index (χ4v) is 5.50. The van der Waals surface area contributed by atoms with Crippen molar-refractivity contribution in [3.63, 3.8) is 0 Å². The molecule has 2 aliphatic rings. The molecule has 0 spiro atoms. The molecule has 1 saturated heterocycles. The van der Waals surface area contributed by atoms with Crippen LogP contribution in [0.2, 0.25) is 0 Å². The lowest BCUT2D eigenvalue weighted by Crippen LogP contribution is -2.40. The number of hydrogen-bond donors (Lipinski definition) is 0. The Morgan fingerprint density at radius 2 is 1.66 bits per heavy atom. The third kappa shape index (κ3) is 5.56. The number of rotatable bonds is 7.